The molecule has 2 aromatic rings. The zero-order chi connectivity index (χ0) is 16.0. The van der Waals surface area contributed by atoms with E-state index in [2.05, 4.69) is 73.3 Å². The van der Waals surface area contributed by atoms with Gasteiger partial charge in [-0.3, -0.25) is 4.79 Å². The SMILES string of the molecule is CC1(C)CC[C@@H]2[C@@H](C1=O)c1ccccc1N2Cc1ccccc1. The predicted octanol–water partition coefficient (Wildman–Crippen LogP) is 4.55. The molecule has 1 saturated carbocycles. The maximum absolute atomic E-state index is 13.1. The van der Waals surface area contributed by atoms with E-state index in [-0.39, 0.29) is 11.3 Å². The molecule has 0 N–H and O–H groups in total. The second-order valence-electron chi connectivity index (χ2n) is 7.50. The molecule has 0 amide bonds. The third-order valence-corrected chi connectivity index (χ3v) is 5.58. The Morgan fingerprint density at radius 3 is 2.52 bits per heavy atom. The highest BCUT2D eigenvalue weighted by molar-refractivity contribution is 5.95. The highest BCUT2D eigenvalue weighted by atomic mass is 16.1. The van der Waals surface area contributed by atoms with Crippen LogP contribution in [0.15, 0.2) is 54.6 Å². The van der Waals surface area contributed by atoms with Gasteiger partial charge in [0.05, 0.1) is 5.92 Å². The molecule has 0 bridgehead atoms. The highest BCUT2D eigenvalue weighted by Crippen LogP contribution is 2.51. The van der Waals surface area contributed by atoms with Gasteiger partial charge in [-0.25, -0.2) is 0 Å². The van der Waals surface area contributed by atoms with Crippen LogP contribution in [0.3, 0.4) is 0 Å². The van der Waals surface area contributed by atoms with Crippen LogP contribution >= 0.6 is 0 Å². The maximum Gasteiger partial charge on any atom is 0.148 e. The smallest absolute Gasteiger partial charge is 0.148 e. The number of carbonyl (C=O) groups is 1. The molecule has 1 aliphatic heterocycles. The van der Waals surface area contributed by atoms with Gasteiger partial charge in [-0.05, 0) is 30.0 Å². The third-order valence-electron chi connectivity index (χ3n) is 5.58. The average molecular weight is 305 g/mol. The largest absolute Gasteiger partial charge is 0.363 e. The van der Waals surface area contributed by atoms with E-state index in [1.54, 1.807) is 0 Å². The lowest BCUT2D eigenvalue weighted by Crippen LogP contribution is -2.45. The van der Waals surface area contributed by atoms with Gasteiger partial charge >= 0.3 is 0 Å². The first kappa shape index (κ1) is 14.5. The van der Waals surface area contributed by atoms with E-state index in [1.165, 1.54) is 16.8 Å². The number of nitrogens with zero attached hydrogens (tertiary/aromatic N) is 1. The molecule has 0 spiro atoms. The Balaban J connectivity index is 1.75. The molecule has 1 heterocycles. The number of anilines is 1. The van der Waals surface area contributed by atoms with Crippen LogP contribution in [0.4, 0.5) is 5.69 Å². The fourth-order valence-electron chi connectivity index (χ4n) is 4.25. The first-order valence-electron chi connectivity index (χ1n) is 8.52. The van der Waals surface area contributed by atoms with Crippen molar-refractivity contribution in [1.29, 1.82) is 0 Å². The molecule has 2 nitrogen and oxygen atoms in total. The summed E-state index contributed by atoms with van der Waals surface area (Å²) in [6.45, 7) is 5.09. The number of hydrogen-bond acceptors (Lipinski definition) is 2. The van der Waals surface area contributed by atoms with Crippen molar-refractivity contribution in [3.05, 3.63) is 65.7 Å². The third kappa shape index (κ3) is 2.28. The summed E-state index contributed by atoms with van der Waals surface area (Å²) in [5, 5.41) is 0. The van der Waals surface area contributed by atoms with Crippen molar-refractivity contribution < 1.29 is 4.79 Å². The van der Waals surface area contributed by atoms with Gasteiger partial charge in [0.15, 0.2) is 0 Å². The van der Waals surface area contributed by atoms with Crippen molar-refractivity contribution in [3.8, 4) is 0 Å². The fourth-order valence-corrected chi connectivity index (χ4v) is 4.25. The minimum Gasteiger partial charge on any atom is -0.363 e. The van der Waals surface area contributed by atoms with E-state index in [0.29, 0.717) is 11.8 Å². The summed E-state index contributed by atoms with van der Waals surface area (Å²) in [4.78, 5) is 15.5. The molecule has 2 aliphatic rings. The van der Waals surface area contributed by atoms with Gasteiger partial charge in [0.1, 0.15) is 5.78 Å². The Bertz CT molecular complexity index is 735. The number of ketones is 1. The quantitative estimate of drug-likeness (QED) is 0.811. The molecule has 0 unspecified atom stereocenters. The number of rotatable bonds is 2. The van der Waals surface area contributed by atoms with E-state index in [4.69, 9.17) is 0 Å². The van der Waals surface area contributed by atoms with E-state index in [1.807, 2.05) is 0 Å². The minimum absolute atomic E-state index is 0.0404. The monoisotopic (exact) mass is 305 g/mol. The normalized spacial score (nSPS) is 25.1. The van der Waals surface area contributed by atoms with E-state index < -0.39 is 0 Å². The maximum atomic E-state index is 13.1. The molecule has 1 fully saturated rings. The zero-order valence-corrected chi connectivity index (χ0v) is 13.8. The van der Waals surface area contributed by atoms with Crippen LogP contribution in [0.25, 0.3) is 0 Å². The van der Waals surface area contributed by atoms with Crippen molar-refractivity contribution in [2.24, 2.45) is 5.41 Å². The Kier molecular flexibility index (Phi) is 3.29. The van der Waals surface area contributed by atoms with Crippen LogP contribution in [0.5, 0.6) is 0 Å². The lowest BCUT2D eigenvalue weighted by atomic mass is 9.68. The average Bonchev–Trinajstić information content (AvgIpc) is 2.87. The van der Waals surface area contributed by atoms with Gasteiger partial charge in [0, 0.05) is 23.7 Å². The molecule has 23 heavy (non-hydrogen) atoms. The lowest BCUT2D eigenvalue weighted by Gasteiger charge is -2.39. The molecule has 0 aromatic heterocycles. The van der Waals surface area contributed by atoms with Crippen LogP contribution in [0.2, 0.25) is 0 Å². The van der Waals surface area contributed by atoms with Gasteiger partial charge in [-0.15, -0.1) is 0 Å². The van der Waals surface area contributed by atoms with Crippen LogP contribution in [-0.4, -0.2) is 11.8 Å². The minimum atomic E-state index is -0.197. The molecular formula is C21H23NO. The molecule has 2 aromatic carbocycles. The lowest BCUT2D eigenvalue weighted by molar-refractivity contribution is -0.131. The van der Waals surface area contributed by atoms with Gasteiger partial charge in [0.25, 0.3) is 0 Å². The summed E-state index contributed by atoms with van der Waals surface area (Å²) in [6.07, 6.45) is 2.07. The molecule has 4 rings (SSSR count). The zero-order valence-electron chi connectivity index (χ0n) is 13.8. The Labute approximate surface area is 138 Å². The van der Waals surface area contributed by atoms with E-state index in [0.717, 1.165) is 19.4 Å². The number of para-hydroxylation sites is 1. The van der Waals surface area contributed by atoms with Gasteiger partial charge in [-0.1, -0.05) is 62.4 Å². The predicted molar refractivity (Wildman–Crippen MR) is 93.6 cm³/mol. The highest BCUT2D eigenvalue weighted by Gasteiger charge is 2.50. The van der Waals surface area contributed by atoms with Crippen molar-refractivity contribution in [2.75, 3.05) is 4.90 Å². The van der Waals surface area contributed by atoms with Crippen LogP contribution < -0.4 is 4.90 Å². The van der Waals surface area contributed by atoms with Crippen molar-refractivity contribution in [3.63, 3.8) is 0 Å². The van der Waals surface area contributed by atoms with Crippen molar-refractivity contribution in [1.82, 2.24) is 0 Å². The number of fused-ring (bicyclic) bond motifs is 3. The topological polar surface area (TPSA) is 20.3 Å². The Hall–Kier alpha value is -2.09. The van der Waals surface area contributed by atoms with E-state index in [9.17, 15) is 4.79 Å². The summed E-state index contributed by atoms with van der Waals surface area (Å²) in [6, 6.07) is 19.4. The number of carbonyl (C=O) groups excluding carboxylic acids is 1. The van der Waals surface area contributed by atoms with E-state index >= 15 is 0 Å². The molecule has 0 saturated heterocycles. The summed E-state index contributed by atoms with van der Waals surface area (Å²) in [5.74, 6) is 0.454. The molecule has 1 aliphatic carbocycles. The van der Waals surface area contributed by atoms with Crippen molar-refractivity contribution >= 4 is 11.5 Å². The summed E-state index contributed by atoms with van der Waals surface area (Å²) in [7, 11) is 0. The second kappa shape index (κ2) is 5.23. The standard InChI is InChI=1S/C21H23NO/c1-21(2)13-12-18-19(20(21)23)16-10-6-7-11-17(16)22(18)14-15-8-4-3-5-9-15/h3-11,18-19H,12-14H2,1-2H3/t18-,19+/m1/s1. The Morgan fingerprint density at radius 1 is 1.04 bits per heavy atom. The number of hydrogen-bond donors (Lipinski definition) is 0. The number of benzene rings is 2. The molecule has 2 atom stereocenters. The molecule has 118 valence electrons. The fraction of sp³-hybridized carbons (Fsp3) is 0.381. The van der Waals surface area contributed by atoms with Crippen LogP contribution in [0.1, 0.15) is 43.7 Å². The van der Waals surface area contributed by atoms with Crippen LogP contribution in [0, 0.1) is 5.41 Å². The van der Waals surface area contributed by atoms with Gasteiger partial charge in [0.2, 0.25) is 0 Å². The molecular weight excluding hydrogens is 282 g/mol. The van der Waals surface area contributed by atoms with Crippen LogP contribution in [-0.2, 0) is 11.3 Å². The second-order valence-corrected chi connectivity index (χ2v) is 7.50. The summed E-state index contributed by atoms with van der Waals surface area (Å²) >= 11 is 0. The van der Waals surface area contributed by atoms with Gasteiger partial charge < -0.3 is 4.90 Å². The van der Waals surface area contributed by atoms with Gasteiger partial charge in [-0.2, -0.15) is 0 Å². The molecule has 0 radical (unpaired) electrons. The molecule has 2 heteroatoms. The first-order valence-corrected chi connectivity index (χ1v) is 8.52. The summed E-state index contributed by atoms with van der Waals surface area (Å²) in [5.41, 5.74) is 3.58. The van der Waals surface area contributed by atoms with Crippen molar-refractivity contribution in [2.45, 2.75) is 45.2 Å². The number of Topliss-reactive ketones (excluding diaryl/α,β-unsaturated/α-hetero) is 1. The summed E-state index contributed by atoms with van der Waals surface area (Å²) < 4.78 is 0. The first-order chi connectivity index (χ1) is 11.1. The Morgan fingerprint density at radius 2 is 1.74 bits per heavy atom.